The Bertz CT molecular complexity index is 318. The third kappa shape index (κ3) is 1.45. The van der Waals surface area contributed by atoms with Gasteiger partial charge in [-0.25, -0.2) is 0 Å². The highest BCUT2D eigenvalue weighted by Gasteiger charge is 2.49. The van der Waals surface area contributed by atoms with E-state index in [1.54, 1.807) is 0 Å². The number of carbonyl (C=O) groups excluding carboxylic acids is 2. The van der Waals surface area contributed by atoms with Crippen molar-refractivity contribution in [3.05, 3.63) is 0 Å². The first-order valence-electron chi connectivity index (χ1n) is 5.24. The van der Waals surface area contributed by atoms with Crippen LogP contribution in [-0.4, -0.2) is 27.2 Å². The molecule has 0 unspecified atom stereocenters. The fourth-order valence-corrected chi connectivity index (χ4v) is 2.89. The maximum absolute atomic E-state index is 11.7. The summed E-state index contributed by atoms with van der Waals surface area (Å²) < 4.78 is 0. The van der Waals surface area contributed by atoms with E-state index in [1.807, 2.05) is 0 Å². The molecular formula is C10H14N2O2S. The summed E-state index contributed by atoms with van der Waals surface area (Å²) in [5, 5.41) is 0. The molecule has 0 radical (unpaired) electrons. The Labute approximate surface area is 93.8 Å². The Kier molecular flexibility index (Phi) is 2.50. The third-order valence-electron chi connectivity index (χ3n) is 3.37. The van der Waals surface area contributed by atoms with Gasteiger partial charge in [0, 0.05) is 12.8 Å². The molecule has 2 amide bonds. The van der Waals surface area contributed by atoms with E-state index in [1.165, 1.54) is 4.90 Å². The van der Waals surface area contributed by atoms with E-state index >= 15 is 0 Å². The summed E-state index contributed by atoms with van der Waals surface area (Å²) >= 11 is 5.04. The van der Waals surface area contributed by atoms with E-state index < -0.39 is 5.54 Å². The van der Waals surface area contributed by atoms with E-state index in [-0.39, 0.29) is 11.8 Å². The van der Waals surface area contributed by atoms with Gasteiger partial charge in [-0.1, -0.05) is 25.1 Å². The van der Waals surface area contributed by atoms with Gasteiger partial charge in [0.05, 0.1) is 4.99 Å². The van der Waals surface area contributed by atoms with Gasteiger partial charge in [-0.05, 0) is 12.8 Å². The first-order chi connectivity index (χ1) is 7.08. The highest BCUT2D eigenvalue weighted by molar-refractivity contribution is 7.80. The van der Waals surface area contributed by atoms with Gasteiger partial charge in [-0.3, -0.25) is 14.5 Å². The van der Waals surface area contributed by atoms with Crippen molar-refractivity contribution in [3.8, 4) is 0 Å². The lowest BCUT2D eigenvalue weighted by atomic mass is 9.95. The van der Waals surface area contributed by atoms with Crippen molar-refractivity contribution in [2.24, 2.45) is 5.73 Å². The van der Waals surface area contributed by atoms with Gasteiger partial charge in [-0.15, -0.1) is 0 Å². The monoisotopic (exact) mass is 226 g/mol. The first kappa shape index (κ1) is 10.5. The molecular weight excluding hydrogens is 212 g/mol. The van der Waals surface area contributed by atoms with Gasteiger partial charge < -0.3 is 5.73 Å². The van der Waals surface area contributed by atoms with Crippen molar-refractivity contribution in [1.29, 1.82) is 0 Å². The van der Waals surface area contributed by atoms with Crippen LogP contribution in [0.25, 0.3) is 0 Å². The minimum atomic E-state index is -0.639. The second-order valence-electron chi connectivity index (χ2n) is 4.23. The van der Waals surface area contributed by atoms with Crippen LogP contribution in [0.1, 0.15) is 38.5 Å². The number of rotatable bonds is 2. The molecule has 1 saturated carbocycles. The number of nitrogens with zero attached hydrogens (tertiary/aromatic N) is 1. The number of thiocarbonyl (C=S) groups is 1. The molecule has 0 spiro atoms. The van der Waals surface area contributed by atoms with Gasteiger partial charge in [0.15, 0.2) is 0 Å². The molecule has 0 bridgehead atoms. The van der Waals surface area contributed by atoms with Crippen molar-refractivity contribution < 1.29 is 9.59 Å². The largest absolute Gasteiger partial charge is 0.391 e. The Hall–Kier alpha value is -0.970. The predicted molar refractivity (Wildman–Crippen MR) is 59.1 cm³/mol. The van der Waals surface area contributed by atoms with Gasteiger partial charge in [0.1, 0.15) is 5.54 Å². The molecule has 0 aromatic rings. The smallest absolute Gasteiger partial charge is 0.230 e. The maximum atomic E-state index is 11.7. The SMILES string of the molecule is NC(=S)C1(N2C(=O)CCC2=O)CCCC1. The number of carbonyl (C=O) groups is 2. The van der Waals surface area contributed by atoms with Crippen molar-refractivity contribution in [2.45, 2.75) is 44.1 Å². The maximum Gasteiger partial charge on any atom is 0.230 e. The molecule has 0 aromatic heterocycles. The zero-order valence-corrected chi connectivity index (χ0v) is 9.31. The second-order valence-corrected chi connectivity index (χ2v) is 4.67. The lowest BCUT2D eigenvalue weighted by Crippen LogP contribution is -2.57. The van der Waals surface area contributed by atoms with Crippen LogP contribution >= 0.6 is 12.2 Å². The minimum absolute atomic E-state index is 0.116. The quantitative estimate of drug-likeness (QED) is 0.557. The molecule has 2 N–H and O–H groups in total. The summed E-state index contributed by atoms with van der Waals surface area (Å²) in [6.45, 7) is 0. The summed E-state index contributed by atoms with van der Waals surface area (Å²) in [4.78, 5) is 25.0. The van der Waals surface area contributed by atoms with Crippen LogP contribution in [0.15, 0.2) is 0 Å². The Balaban J connectivity index is 2.36. The highest BCUT2D eigenvalue weighted by Crippen LogP contribution is 2.38. The molecule has 15 heavy (non-hydrogen) atoms. The molecule has 1 aliphatic carbocycles. The minimum Gasteiger partial charge on any atom is -0.391 e. The number of hydrogen-bond acceptors (Lipinski definition) is 3. The molecule has 1 saturated heterocycles. The second kappa shape index (κ2) is 3.56. The summed E-state index contributed by atoms with van der Waals surface area (Å²) in [6, 6.07) is 0. The van der Waals surface area contributed by atoms with Crippen LogP contribution in [-0.2, 0) is 9.59 Å². The average Bonchev–Trinajstić information content (AvgIpc) is 2.74. The molecule has 5 heteroatoms. The zero-order chi connectivity index (χ0) is 11.1. The molecule has 82 valence electrons. The van der Waals surface area contributed by atoms with Gasteiger partial charge >= 0.3 is 0 Å². The lowest BCUT2D eigenvalue weighted by Gasteiger charge is -2.36. The number of amides is 2. The lowest BCUT2D eigenvalue weighted by molar-refractivity contribution is -0.142. The van der Waals surface area contributed by atoms with Gasteiger partial charge in [-0.2, -0.15) is 0 Å². The van der Waals surface area contributed by atoms with E-state index in [4.69, 9.17) is 18.0 Å². The van der Waals surface area contributed by atoms with Crippen molar-refractivity contribution in [2.75, 3.05) is 0 Å². The normalized spacial score (nSPS) is 24.9. The van der Waals surface area contributed by atoms with Gasteiger partial charge in [0.2, 0.25) is 11.8 Å². The third-order valence-corrected chi connectivity index (χ3v) is 3.75. The van der Waals surface area contributed by atoms with Crippen LogP contribution in [0.4, 0.5) is 0 Å². The van der Waals surface area contributed by atoms with Crippen LogP contribution in [0.5, 0.6) is 0 Å². The van der Waals surface area contributed by atoms with Crippen molar-refractivity contribution in [3.63, 3.8) is 0 Å². The fourth-order valence-electron chi connectivity index (χ4n) is 2.59. The standard InChI is InChI=1S/C10H14N2O2S/c11-9(15)10(5-1-2-6-10)12-7(13)3-4-8(12)14/h1-6H2,(H2,11,15). The molecule has 2 rings (SSSR count). The summed E-state index contributed by atoms with van der Waals surface area (Å²) in [5.41, 5.74) is 5.08. The number of nitrogens with two attached hydrogens (primary N) is 1. The van der Waals surface area contributed by atoms with E-state index in [2.05, 4.69) is 0 Å². The van der Waals surface area contributed by atoms with Crippen LogP contribution < -0.4 is 5.73 Å². The molecule has 1 aliphatic heterocycles. The number of hydrogen-bond donors (Lipinski definition) is 1. The number of likely N-dealkylation sites (tertiary alicyclic amines) is 1. The molecule has 1 heterocycles. The van der Waals surface area contributed by atoms with Crippen molar-refractivity contribution in [1.82, 2.24) is 4.90 Å². The molecule has 2 aliphatic rings. The summed E-state index contributed by atoms with van der Waals surface area (Å²) in [5.74, 6) is -0.232. The molecule has 0 atom stereocenters. The zero-order valence-electron chi connectivity index (χ0n) is 8.49. The summed E-state index contributed by atoms with van der Waals surface area (Å²) in [7, 11) is 0. The van der Waals surface area contributed by atoms with Crippen LogP contribution in [0.3, 0.4) is 0 Å². The molecule has 0 aromatic carbocycles. The highest BCUT2D eigenvalue weighted by atomic mass is 32.1. The first-order valence-corrected chi connectivity index (χ1v) is 5.64. The Morgan fingerprint density at radius 1 is 1.20 bits per heavy atom. The molecule has 4 nitrogen and oxygen atoms in total. The topological polar surface area (TPSA) is 63.4 Å². The number of imide groups is 1. The fraction of sp³-hybridized carbons (Fsp3) is 0.700. The predicted octanol–water partition coefficient (Wildman–Crippen LogP) is 0.734. The van der Waals surface area contributed by atoms with Gasteiger partial charge in [0.25, 0.3) is 0 Å². The van der Waals surface area contributed by atoms with E-state index in [0.29, 0.717) is 17.8 Å². The Morgan fingerprint density at radius 2 is 1.67 bits per heavy atom. The van der Waals surface area contributed by atoms with E-state index in [0.717, 1.165) is 25.7 Å². The van der Waals surface area contributed by atoms with Crippen molar-refractivity contribution >= 4 is 29.0 Å². The van der Waals surface area contributed by atoms with Crippen LogP contribution in [0, 0.1) is 0 Å². The average molecular weight is 226 g/mol. The molecule has 2 fully saturated rings. The summed E-state index contributed by atoms with van der Waals surface area (Å²) in [6.07, 6.45) is 4.05. The van der Waals surface area contributed by atoms with E-state index in [9.17, 15) is 9.59 Å². The van der Waals surface area contributed by atoms with Crippen LogP contribution in [0.2, 0.25) is 0 Å². The Morgan fingerprint density at radius 3 is 2.07 bits per heavy atom.